The Balaban J connectivity index is 1.50. The number of carbonyl (C=O) groups is 2. The van der Waals surface area contributed by atoms with E-state index in [1.807, 2.05) is 42.1 Å². The molecule has 1 aromatic carbocycles. The Morgan fingerprint density at radius 3 is 3.04 bits per heavy atom. The number of benzene rings is 1. The second-order valence-corrected chi connectivity index (χ2v) is 7.21. The van der Waals surface area contributed by atoms with Crippen molar-refractivity contribution in [1.29, 1.82) is 0 Å². The third kappa shape index (κ3) is 2.96. The number of aryl methyl sites for hydroxylation is 1. The van der Waals surface area contributed by atoms with Gasteiger partial charge in [0.25, 0.3) is 5.91 Å². The molecule has 3 heterocycles. The second-order valence-electron chi connectivity index (χ2n) is 6.21. The fourth-order valence-corrected chi connectivity index (χ4v) is 4.27. The predicted molar refractivity (Wildman–Crippen MR) is 101 cm³/mol. The molecule has 1 saturated heterocycles. The van der Waals surface area contributed by atoms with E-state index in [0.29, 0.717) is 23.7 Å². The number of nitrogens with zero attached hydrogens (tertiary/aromatic N) is 3. The van der Waals surface area contributed by atoms with Gasteiger partial charge in [0, 0.05) is 42.3 Å². The molecule has 134 valence electrons. The van der Waals surface area contributed by atoms with Crippen LogP contribution in [-0.4, -0.2) is 48.9 Å². The van der Waals surface area contributed by atoms with E-state index >= 15 is 0 Å². The Morgan fingerprint density at radius 2 is 2.23 bits per heavy atom. The third-order valence-electron chi connectivity index (χ3n) is 4.61. The summed E-state index contributed by atoms with van der Waals surface area (Å²) in [5.74, 6) is 1.62. The van der Waals surface area contributed by atoms with Crippen LogP contribution in [0.25, 0.3) is 10.9 Å². The molecule has 0 aliphatic carbocycles. The van der Waals surface area contributed by atoms with Gasteiger partial charge in [0.1, 0.15) is 11.9 Å². The number of rotatable bonds is 4. The van der Waals surface area contributed by atoms with Gasteiger partial charge in [-0.2, -0.15) is 0 Å². The van der Waals surface area contributed by atoms with E-state index in [9.17, 15) is 9.59 Å². The van der Waals surface area contributed by atoms with E-state index in [-0.39, 0.29) is 11.8 Å². The molecule has 0 bridgehead atoms. The van der Waals surface area contributed by atoms with Crippen LogP contribution in [0.4, 0.5) is 0 Å². The number of amides is 2. The highest BCUT2D eigenvalue weighted by Crippen LogP contribution is 2.26. The first-order chi connectivity index (χ1) is 12.6. The van der Waals surface area contributed by atoms with Crippen LogP contribution in [0.3, 0.4) is 0 Å². The van der Waals surface area contributed by atoms with Crippen molar-refractivity contribution in [3.8, 4) is 0 Å². The summed E-state index contributed by atoms with van der Waals surface area (Å²) >= 11 is 1.59. The first-order valence-electron chi connectivity index (χ1n) is 8.34. The number of para-hydroxylation sites is 1. The highest BCUT2D eigenvalue weighted by Gasteiger charge is 2.35. The van der Waals surface area contributed by atoms with E-state index < -0.39 is 6.04 Å². The van der Waals surface area contributed by atoms with Crippen molar-refractivity contribution in [3.05, 3.63) is 54.2 Å². The summed E-state index contributed by atoms with van der Waals surface area (Å²) in [6, 6.07) is 7.21. The number of carbonyl (C=O) groups excluding carboxylic acids is 2. The van der Waals surface area contributed by atoms with Gasteiger partial charge in [0.2, 0.25) is 5.91 Å². The lowest BCUT2D eigenvalue weighted by atomic mass is 10.1. The van der Waals surface area contributed by atoms with Crippen LogP contribution in [0, 0.1) is 0 Å². The molecule has 4 rings (SSSR count). The highest BCUT2D eigenvalue weighted by atomic mass is 32.2. The molecule has 1 atom stereocenters. The average Bonchev–Trinajstić information content (AvgIpc) is 3.38. The Labute approximate surface area is 154 Å². The Morgan fingerprint density at radius 1 is 1.38 bits per heavy atom. The third-order valence-corrected chi connectivity index (χ3v) is 5.62. The minimum atomic E-state index is -0.471. The largest absolute Gasteiger partial charge is 0.360 e. The van der Waals surface area contributed by atoms with Crippen LogP contribution in [0.15, 0.2) is 42.9 Å². The fourth-order valence-electron chi connectivity index (χ4n) is 3.11. The zero-order valence-electron chi connectivity index (χ0n) is 14.3. The number of fused-ring (bicyclic) bond motifs is 1. The predicted octanol–water partition coefficient (Wildman–Crippen LogP) is 1.73. The summed E-state index contributed by atoms with van der Waals surface area (Å²) in [5.41, 5.74) is 1.52. The minimum absolute atomic E-state index is 0.121. The van der Waals surface area contributed by atoms with Gasteiger partial charge in [-0.15, -0.1) is 11.8 Å². The SMILES string of the molecule is Cn1ccnc1CNC(=O)C1CSCN1C(=O)c1c[nH]c2ccccc12. The molecule has 0 saturated carbocycles. The molecule has 7 nitrogen and oxygen atoms in total. The zero-order valence-corrected chi connectivity index (χ0v) is 15.1. The van der Waals surface area contributed by atoms with E-state index in [1.54, 1.807) is 29.1 Å². The normalized spacial score (nSPS) is 17.0. The second kappa shape index (κ2) is 6.87. The lowest BCUT2D eigenvalue weighted by molar-refractivity contribution is -0.124. The summed E-state index contributed by atoms with van der Waals surface area (Å²) in [6.07, 6.45) is 5.25. The van der Waals surface area contributed by atoms with Gasteiger partial charge in [0.05, 0.1) is 18.0 Å². The number of hydrogen-bond donors (Lipinski definition) is 2. The molecule has 1 unspecified atom stereocenters. The van der Waals surface area contributed by atoms with Crippen molar-refractivity contribution < 1.29 is 9.59 Å². The fraction of sp³-hybridized carbons (Fsp3) is 0.278. The molecular weight excluding hydrogens is 350 g/mol. The number of thioether (sulfide) groups is 1. The summed E-state index contributed by atoms with van der Waals surface area (Å²) < 4.78 is 1.86. The molecule has 0 radical (unpaired) electrons. The number of nitrogens with one attached hydrogen (secondary N) is 2. The summed E-state index contributed by atoms with van der Waals surface area (Å²) in [6.45, 7) is 0.346. The number of imidazole rings is 1. The standard InChI is InChI=1S/C18H19N5O2S/c1-22-7-6-19-16(22)9-21-17(24)15-10-26-11-23(15)18(25)13-8-20-14-5-3-2-4-12(13)14/h2-8,15,20H,9-11H2,1H3,(H,21,24). The van der Waals surface area contributed by atoms with Crippen molar-refractivity contribution in [3.63, 3.8) is 0 Å². The van der Waals surface area contributed by atoms with Gasteiger partial charge in [-0.3, -0.25) is 9.59 Å². The van der Waals surface area contributed by atoms with Gasteiger partial charge in [-0.1, -0.05) is 18.2 Å². The maximum atomic E-state index is 13.0. The van der Waals surface area contributed by atoms with Crippen molar-refractivity contribution >= 4 is 34.5 Å². The Hall–Kier alpha value is -2.74. The lowest BCUT2D eigenvalue weighted by Crippen LogP contribution is -2.47. The van der Waals surface area contributed by atoms with Crippen LogP contribution < -0.4 is 5.32 Å². The van der Waals surface area contributed by atoms with E-state index in [1.165, 1.54) is 0 Å². The molecule has 2 amide bonds. The quantitative estimate of drug-likeness (QED) is 0.734. The number of aromatic nitrogens is 3. The van der Waals surface area contributed by atoms with E-state index in [0.717, 1.165) is 16.7 Å². The molecule has 2 N–H and O–H groups in total. The van der Waals surface area contributed by atoms with Crippen LogP contribution in [-0.2, 0) is 18.4 Å². The molecule has 0 spiro atoms. The summed E-state index contributed by atoms with van der Waals surface area (Å²) in [5, 5.41) is 3.77. The topological polar surface area (TPSA) is 83.0 Å². The monoisotopic (exact) mass is 369 g/mol. The van der Waals surface area contributed by atoms with Crippen molar-refractivity contribution in [2.75, 3.05) is 11.6 Å². The highest BCUT2D eigenvalue weighted by molar-refractivity contribution is 7.99. The number of aromatic amines is 1. The van der Waals surface area contributed by atoms with Gasteiger partial charge in [-0.25, -0.2) is 4.98 Å². The van der Waals surface area contributed by atoms with E-state index in [4.69, 9.17) is 0 Å². The van der Waals surface area contributed by atoms with Gasteiger partial charge >= 0.3 is 0 Å². The zero-order chi connectivity index (χ0) is 18.1. The summed E-state index contributed by atoms with van der Waals surface area (Å²) in [7, 11) is 1.88. The number of H-pyrrole nitrogens is 1. The first kappa shape index (κ1) is 16.7. The smallest absolute Gasteiger partial charge is 0.257 e. The van der Waals surface area contributed by atoms with E-state index in [2.05, 4.69) is 15.3 Å². The minimum Gasteiger partial charge on any atom is -0.360 e. The van der Waals surface area contributed by atoms with Crippen molar-refractivity contribution in [2.24, 2.45) is 7.05 Å². The average molecular weight is 369 g/mol. The maximum absolute atomic E-state index is 13.0. The lowest BCUT2D eigenvalue weighted by Gasteiger charge is -2.22. The van der Waals surface area contributed by atoms with Crippen LogP contribution in [0.2, 0.25) is 0 Å². The van der Waals surface area contributed by atoms with Crippen molar-refractivity contribution in [2.45, 2.75) is 12.6 Å². The van der Waals surface area contributed by atoms with Crippen LogP contribution in [0.5, 0.6) is 0 Å². The Bertz CT molecular complexity index is 963. The molecule has 8 heteroatoms. The molecule has 3 aromatic rings. The first-order valence-corrected chi connectivity index (χ1v) is 9.49. The van der Waals surface area contributed by atoms with Crippen molar-refractivity contribution in [1.82, 2.24) is 24.8 Å². The summed E-state index contributed by atoms with van der Waals surface area (Å²) in [4.78, 5) is 34.6. The van der Waals surface area contributed by atoms with Gasteiger partial charge in [0.15, 0.2) is 0 Å². The molecule has 1 aliphatic heterocycles. The molecule has 2 aromatic heterocycles. The molecular formula is C18H19N5O2S. The van der Waals surface area contributed by atoms with Crippen LogP contribution in [0.1, 0.15) is 16.2 Å². The van der Waals surface area contributed by atoms with Crippen LogP contribution >= 0.6 is 11.8 Å². The van der Waals surface area contributed by atoms with Gasteiger partial charge < -0.3 is 19.8 Å². The molecule has 26 heavy (non-hydrogen) atoms. The molecule has 1 aliphatic rings. The van der Waals surface area contributed by atoms with Gasteiger partial charge in [-0.05, 0) is 6.07 Å². The number of hydrogen-bond acceptors (Lipinski definition) is 4. The maximum Gasteiger partial charge on any atom is 0.257 e. The Kier molecular flexibility index (Phi) is 4.42. The molecule has 1 fully saturated rings.